The van der Waals surface area contributed by atoms with Crippen LogP contribution in [0.25, 0.3) is 5.69 Å². The topological polar surface area (TPSA) is 59.7 Å². The third-order valence-corrected chi connectivity index (χ3v) is 5.22. The van der Waals surface area contributed by atoms with Gasteiger partial charge in [0.2, 0.25) is 6.10 Å². The second-order valence-electron chi connectivity index (χ2n) is 7.82. The maximum Gasteiger partial charge on any atom is 0.266 e. The molecule has 0 bridgehead atoms. The molecule has 1 aliphatic rings. The largest absolute Gasteiger partial charge is 0.382 e. The van der Waals surface area contributed by atoms with Gasteiger partial charge >= 0.3 is 0 Å². The van der Waals surface area contributed by atoms with Crippen molar-refractivity contribution in [3.8, 4) is 5.69 Å². The van der Waals surface area contributed by atoms with Crippen molar-refractivity contribution in [3.05, 3.63) is 83.2 Å². The molecule has 0 saturated heterocycles. The van der Waals surface area contributed by atoms with E-state index in [2.05, 4.69) is 28.5 Å². The predicted octanol–water partition coefficient (Wildman–Crippen LogP) is 3.84. The average molecular weight is 402 g/mol. The summed E-state index contributed by atoms with van der Waals surface area (Å²) in [4.78, 5) is 20.0. The second-order valence-corrected chi connectivity index (χ2v) is 7.82. The lowest BCUT2D eigenvalue weighted by Gasteiger charge is -2.20. The first-order valence-electron chi connectivity index (χ1n) is 10.1. The number of amides is 1. The van der Waals surface area contributed by atoms with Crippen LogP contribution in [0.4, 0.5) is 0 Å². The average Bonchev–Trinajstić information content (AvgIpc) is 3.34. The number of hydrogen-bond acceptors (Lipinski definition) is 4. The number of oxime groups is 1. The van der Waals surface area contributed by atoms with Crippen LogP contribution in [-0.4, -0.2) is 39.5 Å². The Hall–Kier alpha value is -3.41. The number of carbonyl (C=O) groups excluding carboxylic acids is 1. The Morgan fingerprint density at radius 3 is 2.60 bits per heavy atom. The monoisotopic (exact) mass is 402 g/mol. The molecule has 1 atom stereocenters. The van der Waals surface area contributed by atoms with Gasteiger partial charge in [0.25, 0.3) is 5.91 Å². The minimum atomic E-state index is -0.548. The Morgan fingerprint density at radius 1 is 1.10 bits per heavy atom. The normalized spacial score (nSPS) is 15.6. The Morgan fingerprint density at radius 2 is 1.87 bits per heavy atom. The number of carbonyl (C=O) groups is 1. The smallest absolute Gasteiger partial charge is 0.266 e. The Kier molecular flexibility index (Phi) is 5.65. The molecule has 2 heterocycles. The Balaban J connectivity index is 1.37. The zero-order chi connectivity index (χ0) is 21.1. The molecule has 0 radical (unpaired) electrons. The summed E-state index contributed by atoms with van der Waals surface area (Å²) in [5.74, 6) is -0.0571. The van der Waals surface area contributed by atoms with Gasteiger partial charge in [0.15, 0.2) is 0 Å². The highest BCUT2D eigenvalue weighted by Gasteiger charge is 2.30. The van der Waals surface area contributed by atoms with Crippen molar-refractivity contribution in [2.24, 2.45) is 5.16 Å². The summed E-state index contributed by atoms with van der Waals surface area (Å²) in [6.07, 6.45) is 0.691. The number of aromatic nitrogens is 2. The van der Waals surface area contributed by atoms with Gasteiger partial charge < -0.3 is 9.74 Å². The van der Waals surface area contributed by atoms with Crippen molar-refractivity contribution in [2.75, 3.05) is 7.05 Å². The molecular weight excluding hydrogens is 376 g/mol. The Bertz CT molecular complexity index is 1070. The van der Waals surface area contributed by atoms with Crippen LogP contribution in [0.3, 0.4) is 0 Å². The zero-order valence-electron chi connectivity index (χ0n) is 17.6. The number of likely N-dealkylation sites (N-methyl/N-ethyl adjacent to an activating group) is 1. The van der Waals surface area contributed by atoms with Crippen LogP contribution in [0.5, 0.6) is 0 Å². The summed E-state index contributed by atoms with van der Waals surface area (Å²) in [6, 6.07) is 20.3. The van der Waals surface area contributed by atoms with E-state index < -0.39 is 6.10 Å². The van der Waals surface area contributed by atoms with Crippen molar-refractivity contribution < 1.29 is 9.63 Å². The fraction of sp³-hybridized carbons (Fsp3) is 0.292. The van der Waals surface area contributed by atoms with E-state index in [9.17, 15) is 4.79 Å². The van der Waals surface area contributed by atoms with E-state index in [-0.39, 0.29) is 5.91 Å². The molecule has 0 saturated carbocycles. The van der Waals surface area contributed by atoms with E-state index in [4.69, 9.17) is 4.84 Å². The van der Waals surface area contributed by atoms with Crippen LogP contribution in [-0.2, 0) is 22.6 Å². The number of rotatable bonds is 6. The summed E-state index contributed by atoms with van der Waals surface area (Å²) >= 11 is 0. The van der Waals surface area contributed by atoms with Gasteiger partial charge in [-0.15, -0.1) is 0 Å². The minimum absolute atomic E-state index is 0.0571. The molecule has 1 amide bonds. The van der Waals surface area contributed by atoms with E-state index in [1.807, 2.05) is 61.0 Å². The molecule has 0 N–H and O–H groups in total. The summed E-state index contributed by atoms with van der Waals surface area (Å²) in [7, 11) is 1.80. The first-order valence-corrected chi connectivity index (χ1v) is 10.1. The molecule has 0 aliphatic carbocycles. The van der Waals surface area contributed by atoms with Crippen molar-refractivity contribution in [3.63, 3.8) is 0 Å². The van der Waals surface area contributed by atoms with Crippen LogP contribution in [0, 0.1) is 13.8 Å². The first kappa shape index (κ1) is 19.9. The molecule has 6 heteroatoms. The molecule has 4 rings (SSSR count). The standard InChI is InChI=1S/C24H26N4O2/c1-17-12-18(2)28(25-17)22-11-7-10-20(14-22)16-27(3)24(29)23-15-21(26-30-23)13-19-8-5-4-6-9-19/h4-12,14,23H,13,15-16H2,1-3H3. The van der Waals surface area contributed by atoms with Gasteiger partial charge in [-0.25, -0.2) is 4.68 Å². The number of benzene rings is 2. The molecule has 0 spiro atoms. The molecule has 1 unspecified atom stereocenters. The molecule has 30 heavy (non-hydrogen) atoms. The van der Waals surface area contributed by atoms with Crippen LogP contribution in [0.1, 0.15) is 28.9 Å². The third kappa shape index (κ3) is 4.43. The van der Waals surface area contributed by atoms with Gasteiger partial charge in [0, 0.05) is 32.1 Å². The number of aryl methyl sites for hydroxylation is 2. The highest BCUT2D eigenvalue weighted by Crippen LogP contribution is 2.19. The van der Waals surface area contributed by atoms with Gasteiger partial charge in [0.05, 0.1) is 17.1 Å². The van der Waals surface area contributed by atoms with Gasteiger partial charge in [0.1, 0.15) is 0 Å². The van der Waals surface area contributed by atoms with Gasteiger partial charge in [-0.3, -0.25) is 4.79 Å². The fourth-order valence-electron chi connectivity index (χ4n) is 3.77. The van der Waals surface area contributed by atoms with Gasteiger partial charge in [-0.1, -0.05) is 47.6 Å². The van der Waals surface area contributed by atoms with Crippen molar-refractivity contribution in [2.45, 2.75) is 39.3 Å². The van der Waals surface area contributed by atoms with Crippen LogP contribution < -0.4 is 0 Å². The van der Waals surface area contributed by atoms with E-state index in [1.54, 1.807) is 11.9 Å². The number of hydrogen-bond donors (Lipinski definition) is 0. The molecule has 154 valence electrons. The quantitative estimate of drug-likeness (QED) is 0.630. The minimum Gasteiger partial charge on any atom is -0.382 e. The highest BCUT2D eigenvalue weighted by molar-refractivity contribution is 5.93. The van der Waals surface area contributed by atoms with Crippen molar-refractivity contribution >= 4 is 11.6 Å². The first-order chi connectivity index (χ1) is 14.5. The van der Waals surface area contributed by atoms with E-state index in [1.165, 1.54) is 5.56 Å². The van der Waals surface area contributed by atoms with Crippen LogP contribution in [0.15, 0.2) is 65.8 Å². The summed E-state index contributed by atoms with van der Waals surface area (Å²) < 4.78 is 1.92. The van der Waals surface area contributed by atoms with Crippen molar-refractivity contribution in [1.82, 2.24) is 14.7 Å². The lowest BCUT2D eigenvalue weighted by atomic mass is 10.0. The summed E-state index contributed by atoms with van der Waals surface area (Å²) in [5, 5.41) is 8.69. The lowest BCUT2D eigenvalue weighted by Crippen LogP contribution is -2.36. The molecule has 6 nitrogen and oxygen atoms in total. The summed E-state index contributed by atoms with van der Waals surface area (Å²) in [5.41, 5.74) is 6.16. The summed E-state index contributed by atoms with van der Waals surface area (Å²) in [6.45, 7) is 4.52. The molecule has 1 aliphatic heterocycles. The molecule has 3 aromatic rings. The maximum atomic E-state index is 12.9. The van der Waals surface area contributed by atoms with E-state index in [0.29, 0.717) is 19.4 Å². The second kappa shape index (κ2) is 8.53. The van der Waals surface area contributed by atoms with E-state index in [0.717, 1.165) is 28.4 Å². The number of nitrogens with zero attached hydrogens (tertiary/aromatic N) is 4. The van der Waals surface area contributed by atoms with Gasteiger partial charge in [-0.05, 0) is 43.2 Å². The SMILES string of the molecule is Cc1cc(C)n(-c2cccc(CN(C)C(=O)C3CC(Cc4ccccc4)=NO3)c2)n1. The zero-order valence-corrected chi connectivity index (χ0v) is 17.6. The molecule has 1 aromatic heterocycles. The molecule has 0 fully saturated rings. The highest BCUT2D eigenvalue weighted by atomic mass is 16.6. The fourth-order valence-corrected chi connectivity index (χ4v) is 3.77. The Labute approximate surface area is 176 Å². The molecule has 2 aromatic carbocycles. The third-order valence-electron chi connectivity index (χ3n) is 5.22. The molecular formula is C24H26N4O2. The predicted molar refractivity (Wildman–Crippen MR) is 117 cm³/mol. The van der Waals surface area contributed by atoms with Gasteiger partial charge in [-0.2, -0.15) is 5.10 Å². The lowest BCUT2D eigenvalue weighted by molar-refractivity contribution is -0.141. The van der Waals surface area contributed by atoms with Crippen molar-refractivity contribution in [1.29, 1.82) is 0 Å². The van der Waals surface area contributed by atoms with Crippen LogP contribution in [0.2, 0.25) is 0 Å². The maximum absolute atomic E-state index is 12.9. The van der Waals surface area contributed by atoms with Crippen LogP contribution >= 0.6 is 0 Å². The van der Waals surface area contributed by atoms with E-state index >= 15 is 0 Å².